The van der Waals surface area contributed by atoms with Crippen molar-refractivity contribution in [1.82, 2.24) is 15.3 Å². The molecule has 2 heterocycles. The molecule has 1 aliphatic heterocycles. The summed E-state index contributed by atoms with van der Waals surface area (Å²) in [4.78, 5) is 23.1. The Balaban J connectivity index is 1.61. The van der Waals surface area contributed by atoms with Crippen molar-refractivity contribution in [3.8, 4) is 0 Å². The van der Waals surface area contributed by atoms with Gasteiger partial charge in [0, 0.05) is 30.4 Å². The molecule has 1 amide bonds. The van der Waals surface area contributed by atoms with Gasteiger partial charge in [0.15, 0.2) is 0 Å². The number of amides is 1. The molecule has 1 N–H and O–H groups in total. The van der Waals surface area contributed by atoms with E-state index in [9.17, 15) is 9.18 Å². The van der Waals surface area contributed by atoms with Gasteiger partial charge in [-0.3, -0.25) is 4.79 Å². The van der Waals surface area contributed by atoms with Crippen molar-refractivity contribution in [3.63, 3.8) is 0 Å². The van der Waals surface area contributed by atoms with E-state index in [0.717, 1.165) is 43.3 Å². The van der Waals surface area contributed by atoms with E-state index in [2.05, 4.69) is 20.2 Å². The van der Waals surface area contributed by atoms with Crippen LogP contribution in [0.4, 0.5) is 10.3 Å². The number of rotatable bonds is 5. The molecule has 0 radical (unpaired) electrons. The van der Waals surface area contributed by atoms with E-state index in [1.54, 1.807) is 18.2 Å². The van der Waals surface area contributed by atoms with Gasteiger partial charge in [-0.25, -0.2) is 14.4 Å². The van der Waals surface area contributed by atoms with E-state index in [0.29, 0.717) is 12.1 Å². The number of nitrogens with one attached hydrogen (secondary N) is 1. The number of aryl methyl sites for hydroxylation is 1. The van der Waals surface area contributed by atoms with Crippen LogP contribution in [-0.4, -0.2) is 29.0 Å². The second-order valence-electron chi connectivity index (χ2n) is 6.07. The molecule has 1 aromatic heterocycles. The standard InChI is InChI=1S/C19H21FN4O/c1-14-12-16(23-19(22-14)24-10-4-5-11-24)13-21-18(25)9-8-15-6-2-3-7-17(15)20/h2-3,6-9,12H,4-5,10-11,13H2,1H3,(H,21,25)/b9-8+. The maximum absolute atomic E-state index is 13.5. The summed E-state index contributed by atoms with van der Waals surface area (Å²) in [5.74, 6) is 0.0825. The SMILES string of the molecule is Cc1cc(CNC(=O)/C=C/c2ccccc2F)nc(N2CCCC2)n1. The van der Waals surface area contributed by atoms with Crippen LogP contribution < -0.4 is 10.2 Å². The molecule has 0 atom stereocenters. The quantitative estimate of drug-likeness (QED) is 0.851. The highest BCUT2D eigenvalue weighted by atomic mass is 19.1. The minimum absolute atomic E-state index is 0.290. The average molecular weight is 340 g/mol. The molecule has 0 aliphatic carbocycles. The molecular weight excluding hydrogens is 319 g/mol. The number of halogens is 1. The summed E-state index contributed by atoms with van der Waals surface area (Å²) in [5, 5.41) is 2.78. The van der Waals surface area contributed by atoms with Crippen LogP contribution in [0.5, 0.6) is 0 Å². The Kier molecular flexibility index (Phi) is 5.38. The first kappa shape index (κ1) is 17.1. The van der Waals surface area contributed by atoms with Crippen LogP contribution in [0.1, 0.15) is 29.8 Å². The Bertz CT molecular complexity index is 785. The Hall–Kier alpha value is -2.76. The number of benzene rings is 1. The molecular formula is C19H21FN4O. The number of anilines is 1. The summed E-state index contributed by atoms with van der Waals surface area (Å²) >= 11 is 0. The fraction of sp³-hybridized carbons (Fsp3) is 0.316. The van der Waals surface area contributed by atoms with Gasteiger partial charge in [-0.15, -0.1) is 0 Å². The molecule has 5 nitrogen and oxygen atoms in total. The van der Waals surface area contributed by atoms with Crippen molar-refractivity contribution in [2.75, 3.05) is 18.0 Å². The average Bonchev–Trinajstić information content (AvgIpc) is 3.13. The van der Waals surface area contributed by atoms with Crippen molar-refractivity contribution in [3.05, 3.63) is 59.2 Å². The molecule has 6 heteroatoms. The van der Waals surface area contributed by atoms with Gasteiger partial charge >= 0.3 is 0 Å². The van der Waals surface area contributed by atoms with Crippen molar-refractivity contribution in [2.24, 2.45) is 0 Å². The number of aromatic nitrogens is 2. The Morgan fingerprint density at radius 3 is 2.80 bits per heavy atom. The zero-order valence-electron chi connectivity index (χ0n) is 14.2. The van der Waals surface area contributed by atoms with Crippen LogP contribution in [-0.2, 0) is 11.3 Å². The van der Waals surface area contributed by atoms with Crippen molar-refractivity contribution >= 4 is 17.9 Å². The van der Waals surface area contributed by atoms with Crippen molar-refractivity contribution in [1.29, 1.82) is 0 Å². The monoisotopic (exact) mass is 340 g/mol. The van der Waals surface area contributed by atoms with E-state index >= 15 is 0 Å². The topological polar surface area (TPSA) is 58.1 Å². The normalized spacial score (nSPS) is 14.2. The summed E-state index contributed by atoms with van der Waals surface area (Å²) < 4.78 is 13.5. The minimum Gasteiger partial charge on any atom is -0.347 e. The fourth-order valence-electron chi connectivity index (χ4n) is 2.78. The number of carbonyl (C=O) groups excluding carboxylic acids is 1. The molecule has 3 rings (SSSR count). The van der Waals surface area contributed by atoms with Crippen LogP contribution >= 0.6 is 0 Å². The first-order chi connectivity index (χ1) is 12.1. The number of nitrogens with zero attached hydrogens (tertiary/aromatic N) is 3. The van der Waals surface area contributed by atoms with Gasteiger partial charge in [0.25, 0.3) is 0 Å². The van der Waals surface area contributed by atoms with E-state index in [1.807, 2.05) is 13.0 Å². The first-order valence-corrected chi connectivity index (χ1v) is 8.42. The van der Waals surface area contributed by atoms with Gasteiger partial charge in [-0.05, 0) is 38.0 Å². The molecule has 1 aromatic carbocycles. The molecule has 0 saturated carbocycles. The van der Waals surface area contributed by atoms with Gasteiger partial charge < -0.3 is 10.2 Å². The Morgan fingerprint density at radius 1 is 1.28 bits per heavy atom. The van der Waals surface area contributed by atoms with Gasteiger partial charge in [-0.1, -0.05) is 18.2 Å². The summed E-state index contributed by atoms with van der Waals surface area (Å²) in [5.41, 5.74) is 2.02. The Morgan fingerprint density at radius 2 is 2.04 bits per heavy atom. The third-order valence-electron chi connectivity index (χ3n) is 4.05. The lowest BCUT2D eigenvalue weighted by Crippen LogP contribution is -2.24. The van der Waals surface area contributed by atoms with Crippen LogP contribution in [0.15, 0.2) is 36.4 Å². The smallest absolute Gasteiger partial charge is 0.244 e. The predicted molar refractivity (Wildman–Crippen MR) is 95.5 cm³/mol. The number of hydrogen-bond donors (Lipinski definition) is 1. The Labute approximate surface area is 146 Å². The molecule has 25 heavy (non-hydrogen) atoms. The lowest BCUT2D eigenvalue weighted by atomic mass is 10.2. The summed E-state index contributed by atoms with van der Waals surface area (Å²) in [6.45, 7) is 4.18. The van der Waals surface area contributed by atoms with E-state index < -0.39 is 0 Å². The van der Waals surface area contributed by atoms with Crippen LogP contribution in [0.2, 0.25) is 0 Å². The maximum atomic E-state index is 13.5. The summed E-state index contributed by atoms with van der Waals surface area (Å²) in [6.07, 6.45) is 5.10. The number of hydrogen-bond acceptors (Lipinski definition) is 4. The lowest BCUT2D eigenvalue weighted by Gasteiger charge is -2.16. The zero-order valence-corrected chi connectivity index (χ0v) is 14.2. The first-order valence-electron chi connectivity index (χ1n) is 8.42. The minimum atomic E-state index is -0.353. The van der Waals surface area contributed by atoms with Gasteiger partial charge in [0.2, 0.25) is 11.9 Å². The summed E-state index contributed by atoms with van der Waals surface area (Å²) in [7, 11) is 0. The van der Waals surface area contributed by atoms with Gasteiger partial charge in [0.1, 0.15) is 5.82 Å². The van der Waals surface area contributed by atoms with Gasteiger partial charge in [-0.2, -0.15) is 0 Å². The lowest BCUT2D eigenvalue weighted by molar-refractivity contribution is -0.116. The molecule has 1 fully saturated rings. The molecule has 1 aliphatic rings. The van der Waals surface area contributed by atoms with E-state index in [4.69, 9.17) is 0 Å². The van der Waals surface area contributed by atoms with Crippen LogP contribution in [0, 0.1) is 12.7 Å². The molecule has 0 spiro atoms. The summed E-state index contributed by atoms with van der Waals surface area (Å²) in [6, 6.07) is 8.18. The molecule has 1 saturated heterocycles. The molecule has 130 valence electrons. The number of carbonyl (C=O) groups is 1. The third kappa shape index (κ3) is 4.62. The second-order valence-corrected chi connectivity index (χ2v) is 6.07. The predicted octanol–water partition coefficient (Wildman–Crippen LogP) is 2.85. The third-order valence-corrected chi connectivity index (χ3v) is 4.05. The highest BCUT2D eigenvalue weighted by Gasteiger charge is 2.15. The largest absolute Gasteiger partial charge is 0.347 e. The van der Waals surface area contributed by atoms with E-state index in [-0.39, 0.29) is 11.7 Å². The van der Waals surface area contributed by atoms with Crippen LogP contribution in [0.3, 0.4) is 0 Å². The second kappa shape index (κ2) is 7.88. The molecule has 2 aromatic rings. The molecule has 0 unspecified atom stereocenters. The molecule has 0 bridgehead atoms. The highest BCUT2D eigenvalue weighted by molar-refractivity contribution is 5.91. The fourth-order valence-corrected chi connectivity index (χ4v) is 2.78. The van der Waals surface area contributed by atoms with Crippen molar-refractivity contribution < 1.29 is 9.18 Å². The van der Waals surface area contributed by atoms with Gasteiger partial charge in [0.05, 0.1) is 12.2 Å². The van der Waals surface area contributed by atoms with Crippen molar-refractivity contribution in [2.45, 2.75) is 26.3 Å². The highest BCUT2D eigenvalue weighted by Crippen LogP contribution is 2.16. The maximum Gasteiger partial charge on any atom is 0.244 e. The van der Waals surface area contributed by atoms with Crippen LogP contribution in [0.25, 0.3) is 6.08 Å². The van der Waals surface area contributed by atoms with E-state index in [1.165, 1.54) is 18.2 Å². The zero-order chi connectivity index (χ0) is 17.6.